The predicted molar refractivity (Wildman–Crippen MR) is 112 cm³/mol. The highest BCUT2D eigenvalue weighted by Crippen LogP contribution is 2.32. The van der Waals surface area contributed by atoms with Crippen molar-refractivity contribution < 1.29 is 23.9 Å². The summed E-state index contributed by atoms with van der Waals surface area (Å²) in [7, 11) is 0. The summed E-state index contributed by atoms with van der Waals surface area (Å²) in [5.41, 5.74) is 0.968. The molecule has 2 atom stereocenters. The van der Waals surface area contributed by atoms with Crippen molar-refractivity contribution in [2.45, 2.75) is 32.9 Å². The Balaban J connectivity index is 1.61. The van der Waals surface area contributed by atoms with Gasteiger partial charge in [-0.1, -0.05) is 32.0 Å². The van der Waals surface area contributed by atoms with Crippen LogP contribution in [0.2, 0.25) is 0 Å². The zero-order valence-electron chi connectivity index (χ0n) is 17.1. The Labute approximate surface area is 174 Å². The molecule has 8 nitrogen and oxygen atoms in total. The first kappa shape index (κ1) is 21.2. The van der Waals surface area contributed by atoms with E-state index in [2.05, 4.69) is 16.0 Å². The van der Waals surface area contributed by atoms with Crippen molar-refractivity contribution in [1.29, 1.82) is 0 Å². The number of ether oxygens (including phenoxy) is 2. The average Bonchev–Trinajstić information content (AvgIpc) is 2.72. The monoisotopic (exact) mass is 411 g/mol. The van der Waals surface area contributed by atoms with Crippen LogP contribution in [-0.4, -0.2) is 36.5 Å². The lowest BCUT2D eigenvalue weighted by molar-refractivity contribution is -0.128. The van der Waals surface area contributed by atoms with Crippen LogP contribution < -0.4 is 25.4 Å². The van der Waals surface area contributed by atoms with Crippen LogP contribution in [0, 0.1) is 5.92 Å². The first-order valence-electron chi connectivity index (χ1n) is 9.73. The lowest BCUT2D eigenvalue weighted by Crippen LogP contribution is -2.48. The Morgan fingerprint density at radius 3 is 2.60 bits per heavy atom. The highest BCUT2D eigenvalue weighted by Gasteiger charge is 2.26. The molecule has 0 aromatic heterocycles. The van der Waals surface area contributed by atoms with Gasteiger partial charge in [-0.3, -0.25) is 14.4 Å². The summed E-state index contributed by atoms with van der Waals surface area (Å²) in [5.74, 6) is -0.0520. The number of rotatable bonds is 7. The molecule has 30 heavy (non-hydrogen) atoms. The van der Waals surface area contributed by atoms with Gasteiger partial charge in [0.1, 0.15) is 17.5 Å². The zero-order chi connectivity index (χ0) is 21.7. The molecule has 8 heteroatoms. The van der Waals surface area contributed by atoms with Gasteiger partial charge in [0.15, 0.2) is 12.7 Å². The van der Waals surface area contributed by atoms with Crippen molar-refractivity contribution >= 4 is 29.1 Å². The van der Waals surface area contributed by atoms with Gasteiger partial charge in [-0.2, -0.15) is 0 Å². The van der Waals surface area contributed by atoms with Crippen molar-refractivity contribution in [2.24, 2.45) is 5.92 Å². The summed E-state index contributed by atoms with van der Waals surface area (Å²) in [4.78, 5) is 36.8. The van der Waals surface area contributed by atoms with Gasteiger partial charge in [0, 0.05) is 5.69 Å². The Morgan fingerprint density at radius 2 is 1.90 bits per heavy atom. The van der Waals surface area contributed by atoms with Gasteiger partial charge in [0.2, 0.25) is 5.91 Å². The van der Waals surface area contributed by atoms with Crippen LogP contribution in [0.4, 0.5) is 11.4 Å². The number of nitrogens with one attached hydrogen (secondary N) is 3. The van der Waals surface area contributed by atoms with Crippen molar-refractivity contribution in [3.05, 3.63) is 48.5 Å². The maximum absolute atomic E-state index is 12.8. The summed E-state index contributed by atoms with van der Waals surface area (Å²) in [6.07, 6.45) is -0.573. The molecule has 1 aliphatic heterocycles. The van der Waals surface area contributed by atoms with Gasteiger partial charge in [0.05, 0.1) is 5.69 Å². The smallest absolute Gasteiger partial charge is 0.265 e. The third-order valence-corrected chi connectivity index (χ3v) is 4.56. The van der Waals surface area contributed by atoms with Crippen LogP contribution in [0.25, 0.3) is 0 Å². The fourth-order valence-corrected chi connectivity index (χ4v) is 2.92. The first-order valence-corrected chi connectivity index (χ1v) is 9.73. The molecule has 0 saturated heterocycles. The summed E-state index contributed by atoms with van der Waals surface area (Å²) in [6.45, 7) is 5.14. The van der Waals surface area contributed by atoms with Crippen LogP contribution in [0.5, 0.6) is 11.5 Å². The van der Waals surface area contributed by atoms with Gasteiger partial charge < -0.3 is 25.4 Å². The van der Waals surface area contributed by atoms with Crippen molar-refractivity contribution in [1.82, 2.24) is 5.32 Å². The summed E-state index contributed by atoms with van der Waals surface area (Å²) in [5, 5.41) is 8.23. The van der Waals surface area contributed by atoms with E-state index in [1.807, 2.05) is 32.0 Å². The van der Waals surface area contributed by atoms with Gasteiger partial charge >= 0.3 is 0 Å². The van der Waals surface area contributed by atoms with Gasteiger partial charge in [-0.15, -0.1) is 0 Å². The lowest BCUT2D eigenvalue weighted by atomic mass is 10.0. The molecule has 0 unspecified atom stereocenters. The van der Waals surface area contributed by atoms with Gasteiger partial charge in [-0.25, -0.2) is 0 Å². The van der Waals surface area contributed by atoms with Crippen LogP contribution in [0.15, 0.2) is 48.5 Å². The van der Waals surface area contributed by atoms with E-state index in [0.29, 0.717) is 22.9 Å². The van der Waals surface area contributed by atoms with Gasteiger partial charge in [0.25, 0.3) is 11.8 Å². The Bertz CT molecular complexity index is 930. The second kappa shape index (κ2) is 9.30. The minimum atomic E-state index is -0.751. The van der Waals surface area contributed by atoms with E-state index in [-0.39, 0.29) is 24.3 Å². The quantitative estimate of drug-likeness (QED) is 0.649. The molecule has 0 bridgehead atoms. The Kier molecular flexibility index (Phi) is 6.56. The molecule has 1 heterocycles. The number of carbonyl (C=O) groups excluding carboxylic acids is 3. The molecule has 0 aliphatic carbocycles. The Morgan fingerprint density at radius 1 is 1.17 bits per heavy atom. The van der Waals surface area contributed by atoms with Crippen LogP contribution in [0.1, 0.15) is 20.8 Å². The van der Waals surface area contributed by atoms with E-state index in [9.17, 15) is 14.4 Å². The largest absolute Gasteiger partial charge is 0.484 e. The number of fused-ring (bicyclic) bond motifs is 1. The van der Waals surface area contributed by atoms with Crippen molar-refractivity contribution in [2.75, 3.05) is 17.2 Å². The molecule has 0 radical (unpaired) electrons. The standard InChI is InChI=1S/C22H25N3O5/c1-13(2)20(25-19(26)12-29-16-7-5-4-6-8-16)22(28)23-15-9-10-18-17(11-15)24-21(27)14(3)30-18/h4-11,13-14,20H,12H2,1-3H3,(H,23,28)(H,24,27)(H,25,26)/t14-,20-/m0/s1. The summed E-state index contributed by atoms with van der Waals surface area (Å²) in [6, 6.07) is 13.2. The van der Waals surface area contributed by atoms with Gasteiger partial charge in [-0.05, 0) is 43.2 Å². The number of para-hydroxylation sites is 1. The third-order valence-electron chi connectivity index (χ3n) is 4.56. The number of carbonyl (C=O) groups is 3. The maximum atomic E-state index is 12.8. The maximum Gasteiger partial charge on any atom is 0.265 e. The molecule has 3 amide bonds. The van der Waals surface area contributed by atoms with E-state index in [1.54, 1.807) is 37.3 Å². The highest BCUT2D eigenvalue weighted by atomic mass is 16.5. The highest BCUT2D eigenvalue weighted by molar-refractivity contribution is 6.00. The SMILES string of the molecule is CC(C)[C@H](NC(=O)COc1ccccc1)C(=O)Nc1ccc2c(c1)NC(=O)[C@H](C)O2. The average molecular weight is 411 g/mol. The van der Waals surface area contributed by atoms with Crippen LogP contribution in [0.3, 0.4) is 0 Å². The topological polar surface area (TPSA) is 106 Å². The molecular weight excluding hydrogens is 386 g/mol. The van der Waals surface area contributed by atoms with Crippen LogP contribution in [-0.2, 0) is 14.4 Å². The fourth-order valence-electron chi connectivity index (χ4n) is 2.92. The molecule has 2 aromatic carbocycles. The third kappa shape index (κ3) is 5.28. The number of hydrogen-bond donors (Lipinski definition) is 3. The Hall–Kier alpha value is -3.55. The molecule has 0 fully saturated rings. The first-order chi connectivity index (χ1) is 14.3. The summed E-state index contributed by atoms with van der Waals surface area (Å²) < 4.78 is 10.9. The molecule has 2 aromatic rings. The van der Waals surface area contributed by atoms with E-state index in [4.69, 9.17) is 9.47 Å². The number of hydrogen-bond acceptors (Lipinski definition) is 5. The molecule has 1 aliphatic rings. The number of amides is 3. The van der Waals surface area contributed by atoms with E-state index in [0.717, 1.165) is 0 Å². The van der Waals surface area contributed by atoms with Crippen molar-refractivity contribution in [3.8, 4) is 11.5 Å². The molecule has 3 rings (SSSR count). The number of benzene rings is 2. The van der Waals surface area contributed by atoms with E-state index >= 15 is 0 Å². The minimum absolute atomic E-state index is 0.146. The van der Waals surface area contributed by atoms with E-state index in [1.165, 1.54) is 0 Å². The number of anilines is 2. The molecule has 158 valence electrons. The molecule has 3 N–H and O–H groups in total. The fraction of sp³-hybridized carbons (Fsp3) is 0.318. The van der Waals surface area contributed by atoms with Crippen LogP contribution >= 0.6 is 0 Å². The summed E-state index contributed by atoms with van der Waals surface area (Å²) >= 11 is 0. The van der Waals surface area contributed by atoms with E-state index < -0.39 is 18.1 Å². The second-order valence-electron chi connectivity index (χ2n) is 7.34. The zero-order valence-corrected chi connectivity index (χ0v) is 17.1. The molecule has 0 spiro atoms. The predicted octanol–water partition coefficient (Wildman–Crippen LogP) is 2.56. The van der Waals surface area contributed by atoms with Crippen molar-refractivity contribution in [3.63, 3.8) is 0 Å². The lowest BCUT2D eigenvalue weighted by Gasteiger charge is -2.25. The molecule has 0 saturated carbocycles. The second-order valence-corrected chi connectivity index (χ2v) is 7.34. The normalized spacial score (nSPS) is 16.0. The minimum Gasteiger partial charge on any atom is -0.484 e. The molecular formula is C22H25N3O5.